The van der Waals surface area contributed by atoms with Crippen molar-refractivity contribution in [2.24, 2.45) is 4.99 Å². The molecule has 0 bridgehead atoms. The van der Waals surface area contributed by atoms with Crippen LogP contribution in [0.1, 0.15) is 31.0 Å². The van der Waals surface area contributed by atoms with Gasteiger partial charge in [-0.25, -0.2) is 14.2 Å². The average molecular weight is 491 g/mol. The Bertz CT molecular complexity index is 1440. The van der Waals surface area contributed by atoms with Crippen LogP contribution >= 0.6 is 34.5 Å². The summed E-state index contributed by atoms with van der Waals surface area (Å²) in [5.41, 5.74) is 0.865. The van der Waals surface area contributed by atoms with E-state index in [0.717, 1.165) is 11.3 Å². The minimum Gasteiger partial charge on any atom is -0.463 e. The van der Waals surface area contributed by atoms with Crippen LogP contribution in [-0.4, -0.2) is 17.1 Å². The summed E-state index contributed by atoms with van der Waals surface area (Å²) >= 11 is 13.4. The lowest BCUT2D eigenvalue weighted by Gasteiger charge is -2.24. The second kappa shape index (κ2) is 9.02. The van der Waals surface area contributed by atoms with Crippen molar-refractivity contribution in [3.05, 3.63) is 100 Å². The first-order valence-corrected chi connectivity index (χ1v) is 11.3. The summed E-state index contributed by atoms with van der Waals surface area (Å²) in [5.74, 6) is -1.18. The van der Waals surface area contributed by atoms with Crippen LogP contribution in [0.15, 0.2) is 63.5 Å². The maximum absolute atomic E-state index is 14.8. The van der Waals surface area contributed by atoms with Gasteiger partial charge in [0.15, 0.2) is 4.80 Å². The van der Waals surface area contributed by atoms with E-state index in [-0.39, 0.29) is 17.7 Å². The predicted octanol–water partition coefficient (Wildman–Crippen LogP) is 4.24. The van der Waals surface area contributed by atoms with Gasteiger partial charge in [-0.05, 0) is 43.7 Å². The minimum atomic E-state index is -1.01. The molecule has 0 N–H and O–H groups in total. The molecule has 164 valence electrons. The lowest BCUT2D eigenvalue weighted by molar-refractivity contribution is -0.139. The van der Waals surface area contributed by atoms with Gasteiger partial charge in [-0.3, -0.25) is 9.36 Å². The monoisotopic (exact) mass is 490 g/mol. The number of carbonyl (C=O) groups excluding carboxylic acids is 1. The van der Waals surface area contributed by atoms with E-state index < -0.39 is 23.4 Å². The Labute approximate surface area is 196 Å². The highest BCUT2D eigenvalue weighted by atomic mass is 35.5. The van der Waals surface area contributed by atoms with Gasteiger partial charge in [0.25, 0.3) is 5.56 Å². The molecule has 5 nitrogen and oxygen atoms in total. The van der Waals surface area contributed by atoms with Crippen LogP contribution in [0.5, 0.6) is 0 Å². The van der Waals surface area contributed by atoms with Crippen LogP contribution in [0.2, 0.25) is 10.0 Å². The number of nitrogens with zero attached hydrogens (tertiary/aromatic N) is 2. The van der Waals surface area contributed by atoms with Crippen LogP contribution in [-0.2, 0) is 9.53 Å². The van der Waals surface area contributed by atoms with Crippen molar-refractivity contribution in [3.63, 3.8) is 0 Å². The second-order valence-corrected chi connectivity index (χ2v) is 8.84. The number of thiazole rings is 1. The molecule has 1 aliphatic rings. The zero-order chi connectivity index (χ0) is 23.0. The molecule has 9 heteroatoms. The first-order chi connectivity index (χ1) is 15.3. The van der Waals surface area contributed by atoms with E-state index in [1.165, 1.54) is 10.6 Å². The van der Waals surface area contributed by atoms with Gasteiger partial charge in [0.1, 0.15) is 11.9 Å². The normalized spacial score (nSPS) is 16.0. The number of carbonyl (C=O) groups is 1. The van der Waals surface area contributed by atoms with Gasteiger partial charge in [0, 0.05) is 15.6 Å². The largest absolute Gasteiger partial charge is 0.463 e. The molecule has 4 rings (SSSR count). The molecular formula is C23H17Cl2FN2O3S. The van der Waals surface area contributed by atoms with Crippen molar-refractivity contribution >= 4 is 46.6 Å². The van der Waals surface area contributed by atoms with Gasteiger partial charge in [-0.15, -0.1) is 0 Å². The van der Waals surface area contributed by atoms with Gasteiger partial charge in [0.2, 0.25) is 0 Å². The molecule has 0 amide bonds. The fourth-order valence-electron chi connectivity index (χ4n) is 3.54. The Balaban J connectivity index is 1.99. The molecule has 1 aromatic heterocycles. The minimum absolute atomic E-state index is 0.125. The molecule has 0 saturated heterocycles. The molecule has 32 heavy (non-hydrogen) atoms. The highest BCUT2D eigenvalue weighted by Crippen LogP contribution is 2.32. The van der Waals surface area contributed by atoms with Gasteiger partial charge in [0.05, 0.1) is 22.4 Å². The Morgan fingerprint density at radius 3 is 2.72 bits per heavy atom. The number of halogens is 3. The number of benzene rings is 2. The number of aromatic nitrogens is 1. The van der Waals surface area contributed by atoms with Gasteiger partial charge in [-0.1, -0.05) is 58.8 Å². The summed E-state index contributed by atoms with van der Waals surface area (Å²) in [4.78, 5) is 31.0. The smallest absolute Gasteiger partial charge is 0.338 e. The SMILES string of the molecule is CCOC(=O)C1=C(C)N=c2s/c(=C/c3ccc(Cl)cc3Cl)c(=O)n2[C@H]1c1ccccc1F. The quantitative estimate of drug-likeness (QED) is 0.513. The summed E-state index contributed by atoms with van der Waals surface area (Å²) in [6, 6.07) is 9.98. The van der Waals surface area contributed by atoms with E-state index in [9.17, 15) is 14.0 Å². The van der Waals surface area contributed by atoms with Crippen LogP contribution in [0, 0.1) is 5.82 Å². The fourth-order valence-corrected chi connectivity index (χ4v) is 5.04. The van der Waals surface area contributed by atoms with Gasteiger partial charge < -0.3 is 4.74 Å². The predicted molar refractivity (Wildman–Crippen MR) is 123 cm³/mol. The fraction of sp³-hybridized carbons (Fsp3) is 0.174. The Hall–Kier alpha value is -2.74. The molecule has 1 aliphatic heterocycles. The van der Waals surface area contributed by atoms with Crippen LogP contribution in [0.25, 0.3) is 6.08 Å². The summed E-state index contributed by atoms with van der Waals surface area (Å²) in [7, 11) is 0. The Kier molecular flexibility index (Phi) is 6.33. The van der Waals surface area contributed by atoms with Crippen LogP contribution < -0.4 is 14.9 Å². The first-order valence-electron chi connectivity index (χ1n) is 9.71. The van der Waals surface area contributed by atoms with Crippen molar-refractivity contribution in [2.45, 2.75) is 19.9 Å². The third-order valence-corrected chi connectivity index (χ3v) is 6.51. The maximum atomic E-state index is 14.8. The molecule has 3 aromatic rings. The van der Waals surface area contributed by atoms with Crippen molar-refractivity contribution in [1.82, 2.24) is 4.57 Å². The van der Waals surface area contributed by atoms with Crippen LogP contribution in [0.3, 0.4) is 0 Å². The summed E-state index contributed by atoms with van der Waals surface area (Å²) in [6.07, 6.45) is 1.63. The number of esters is 1. The van der Waals surface area contributed by atoms with Gasteiger partial charge in [-0.2, -0.15) is 0 Å². The van der Waals surface area contributed by atoms with E-state index in [1.54, 1.807) is 56.3 Å². The molecule has 0 aliphatic carbocycles. The molecule has 0 unspecified atom stereocenters. The van der Waals surface area contributed by atoms with Gasteiger partial charge >= 0.3 is 5.97 Å². The molecule has 0 radical (unpaired) electrons. The molecule has 2 heterocycles. The van der Waals surface area contributed by atoms with Crippen molar-refractivity contribution in [3.8, 4) is 0 Å². The number of rotatable bonds is 4. The highest BCUT2D eigenvalue weighted by molar-refractivity contribution is 7.07. The van der Waals surface area contributed by atoms with E-state index >= 15 is 0 Å². The second-order valence-electron chi connectivity index (χ2n) is 6.99. The molecule has 0 spiro atoms. The van der Waals surface area contributed by atoms with Crippen molar-refractivity contribution in [2.75, 3.05) is 6.61 Å². The summed E-state index contributed by atoms with van der Waals surface area (Å²) in [6.45, 7) is 3.46. The summed E-state index contributed by atoms with van der Waals surface area (Å²) < 4.78 is 21.7. The molecule has 0 fully saturated rings. The lowest BCUT2D eigenvalue weighted by atomic mass is 9.95. The van der Waals surface area contributed by atoms with E-state index in [0.29, 0.717) is 30.6 Å². The highest BCUT2D eigenvalue weighted by Gasteiger charge is 2.34. The molecule has 2 aromatic carbocycles. The molecule has 0 saturated carbocycles. The average Bonchev–Trinajstić information content (AvgIpc) is 3.04. The number of fused-ring (bicyclic) bond motifs is 1. The first kappa shape index (κ1) is 22.5. The van der Waals surface area contributed by atoms with Crippen LogP contribution in [0.4, 0.5) is 4.39 Å². The van der Waals surface area contributed by atoms with E-state index in [1.807, 2.05) is 0 Å². The summed E-state index contributed by atoms with van der Waals surface area (Å²) in [5, 5.41) is 0.861. The van der Waals surface area contributed by atoms with E-state index in [2.05, 4.69) is 4.99 Å². The third-order valence-electron chi connectivity index (χ3n) is 4.97. The number of allylic oxidation sites excluding steroid dienone is 1. The van der Waals surface area contributed by atoms with Crippen molar-refractivity contribution in [1.29, 1.82) is 0 Å². The molecule has 1 atom stereocenters. The lowest BCUT2D eigenvalue weighted by Crippen LogP contribution is -2.40. The topological polar surface area (TPSA) is 60.7 Å². The number of hydrogen-bond donors (Lipinski definition) is 0. The number of ether oxygens (including phenoxy) is 1. The third kappa shape index (κ3) is 4.03. The Morgan fingerprint density at radius 2 is 2.03 bits per heavy atom. The standard InChI is InChI=1S/C23H17Cl2FN2O3S/c1-3-31-22(30)19-12(2)27-23-28(20(19)15-6-4-5-7-17(15)26)21(29)18(32-23)10-13-8-9-14(24)11-16(13)25/h4-11,20H,3H2,1-2H3/b18-10+/t20-/m0/s1. The van der Waals surface area contributed by atoms with Crippen molar-refractivity contribution < 1.29 is 13.9 Å². The maximum Gasteiger partial charge on any atom is 0.338 e. The zero-order valence-electron chi connectivity index (χ0n) is 17.1. The Morgan fingerprint density at radius 1 is 1.28 bits per heavy atom. The van der Waals surface area contributed by atoms with E-state index in [4.69, 9.17) is 27.9 Å². The zero-order valence-corrected chi connectivity index (χ0v) is 19.4. The molecular weight excluding hydrogens is 474 g/mol. The number of hydrogen-bond acceptors (Lipinski definition) is 5.